The number of alkyl halides is 3. The van der Waals surface area contributed by atoms with Gasteiger partial charge in [0.1, 0.15) is 23.4 Å². The third-order valence-corrected chi connectivity index (χ3v) is 7.36. The number of aliphatic carboxylic acids is 1. The van der Waals surface area contributed by atoms with Gasteiger partial charge < -0.3 is 15.3 Å². The molecule has 10 nitrogen and oxygen atoms in total. The van der Waals surface area contributed by atoms with Crippen molar-refractivity contribution in [1.29, 1.82) is 0 Å². The number of rotatable bonds is 7. The van der Waals surface area contributed by atoms with E-state index in [1.54, 1.807) is 30.6 Å². The first-order valence-electron chi connectivity index (χ1n) is 13.0. The normalized spacial score (nSPS) is 18.6. The fraction of sp³-hybridized carbons (Fsp3) is 0.407. The van der Waals surface area contributed by atoms with Crippen molar-refractivity contribution in [2.24, 2.45) is 5.92 Å². The Bertz CT molecular complexity index is 1350. The first-order chi connectivity index (χ1) is 19.2. The van der Waals surface area contributed by atoms with E-state index in [0.29, 0.717) is 61.4 Å². The van der Waals surface area contributed by atoms with Gasteiger partial charge >= 0.3 is 12.1 Å². The molecule has 1 atom stereocenters. The van der Waals surface area contributed by atoms with Gasteiger partial charge in [-0.3, -0.25) is 19.5 Å². The van der Waals surface area contributed by atoms with Gasteiger partial charge in [-0.1, -0.05) is 6.07 Å². The van der Waals surface area contributed by atoms with Crippen LogP contribution in [0.4, 0.5) is 24.8 Å². The van der Waals surface area contributed by atoms with Gasteiger partial charge in [0, 0.05) is 49.4 Å². The van der Waals surface area contributed by atoms with Crippen LogP contribution in [0.1, 0.15) is 41.7 Å². The second kappa shape index (κ2) is 11.5. The van der Waals surface area contributed by atoms with E-state index in [1.807, 2.05) is 4.90 Å². The Balaban J connectivity index is 1.32. The van der Waals surface area contributed by atoms with Crippen LogP contribution in [-0.2, 0) is 11.3 Å². The monoisotopic (exact) mass is 555 g/mol. The lowest BCUT2D eigenvalue weighted by molar-refractivity contribution is -0.177. The molecular formula is C27H28F3N7O3. The highest BCUT2D eigenvalue weighted by atomic mass is 19.4. The molecule has 2 saturated heterocycles. The molecule has 3 aromatic heterocycles. The van der Waals surface area contributed by atoms with E-state index in [1.165, 1.54) is 23.5 Å². The largest absolute Gasteiger partial charge is 0.481 e. The van der Waals surface area contributed by atoms with Gasteiger partial charge in [-0.2, -0.15) is 13.2 Å². The molecule has 2 aliphatic heterocycles. The second-order valence-corrected chi connectivity index (χ2v) is 9.95. The number of pyridine rings is 2. The lowest BCUT2D eigenvalue weighted by Crippen LogP contribution is -2.40. The summed E-state index contributed by atoms with van der Waals surface area (Å²) in [7, 11) is 0. The highest BCUT2D eigenvalue weighted by Crippen LogP contribution is 2.35. The highest BCUT2D eigenvalue weighted by molar-refractivity contribution is 6.02. The van der Waals surface area contributed by atoms with Crippen molar-refractivity contribution in [3.05, 3.63) is 60.4 Å². The van der Waals surface area contributed by atoms with Gasteiger partial charge in [0.05, 0.1) is 18.3 Å². The zero-order valence-corrected chi connectivity index (χ0v) is 21.5. The van der Waals surface area contributed by atoms with Gasteiger partial charge in [0.15, 0.2) is 0 Å². The molecule has 2 N–H and O–H groups in total. The Morgan fingerprint density at radius 2 is 1.82 bits per heavy atom. The number of amides is 1. The van der Waals surface area contributed by atoms with Crippen molar-refractivity contribution >= 4 is 23.5 Å². The number of carboxylic acids is 1. The standard InChI is InChI=1S/C27H28F3N7O3/c28-27(29,30)22-4-2-8-37(22)16-19-11-23(33-13-20(19)18-3-1-7-31-12-18)35-25(38)21-14-34-24(15-32-21)36-9-5-17(6-10-36)26(39)40/h1,3,7,11-15,17,22H,2,4-6,8-10,16H2,(H,39,40)(H,33,35,38)/t22-/m0/s1. The molecule has 0 bridgehead atoms. The van der Waals surface area contributed by atoms with Gasteiger partial charge in [0.2, 0.25) is 0 Å². The number of piperidine rings is 1. The summed E-state index contributed by atoms with van der Waals surface area (Å²) in [4.78, 5) is 44.4. The molecule has 0 unspecified atom stereocenters. The van der Waals surface area contributed by atoms with Crippen LogP contribution >= 0.6 is 0 Å². The molecule has 2 fully saturated rings. The molecular weight excluding hydrogens is 527 g/mol. The summed E-state index contributed by atoms with van der Waals surface area (Å²) >= 11 is 0. The predicted octanol–water partition coefficient (Wildman–Crippen LogP) is 4.01. The number of carbonyl (C=O) groups excluding carboxylic acids is 1. The first-order valence-corrected chi connectivity index (χ1v) is 13.0. The first kappa shape index (κ1) is 27.4. The summed E-state index contributed by atoms with van der Waals surface area (Å²) in [5.74, 6) is -1.02. The smallest absolute Gasteiger partial charge is 0.404 e. The molecule has 0 aromatic carbocycles. The van der Waals surface area contributed by atoms with Crippen LogP contribution < -0.4 is 10.2 Å². The van der Waals surface area contributed by atoms with Crippen molar-refractivity contribution in [2.45, 2.75) is 44.4 Å². The second-order valence-electron chi connectivity index (χ2n) is 9.95. The number of carbonyl (C=O) groups is 2. The van der Waals surface area contributed by atoms with Crippen LogP contribution in [0.25, 0.3) is 11.1 Å². The Morgan fingerprint density at radius 3 is 2.48 bits per heavy atom. The minimum Gasteiger partial charge on any atom is -0.481 e. The van der Waals surface area contributed by atoms with E-state index in [2.05, 4.69) is 25.3 Å². The number of hydrogen-bond acceptors (Lipinski definition) is 8. The van der Waals surface area contributed by atoms with Crippen LogP contribution in [0.3, 0.4) is 0 Å². The SMILES string of the molecule is O=C(Nc1cc(CN2CCC[C@H]2C(F)(F)F)c(-c2cccnc2)cn1)c1cnc(N2CCC(C(=O)O)CC2)cn1. The highest BCUT2D eigenvalue weighted by Gasteiger charge is 2.45. The summed E-state index contributed by atoms with van der Waals surface area (Å²) in [5, 5.41) is 11.8. The Kier molecular flexibility index (Phi) is 7.92. The van der Waals surface area contributed by atoms with Gasteiger partial charge in [0.25, 0.3) is 5.91 Å². The van der Waals surface area contributed by atoms with Crippen molar-refractivity contribution in [1.82, 2.24) is 24.8 Å². The van der Waals surface area contributed by atoms with E-state index in [9.17, 15) is 27.9 Å². The number of halogens is 3. The number of carboxylic acid groups (broad SMARTS) is 1. The lowest BCUT2D eigenvalue weighted by Gasteiger charge is -2.30. The molecule has 0 spiro atoms. The number of hydrogen-bond donors (Lipinski definition) is 2. The molecule has 5 heterocycles. The third-order valence-electron chi connectivity index (χ3n) is 7.36. The van der Waals surface area contributed by atoms with Gasteiger partial charge in [-0.25, -0.2) is 15.0 Å². The summed E-state index contributed by atoms with van der Waals surface area (Å²) in [6, 6.07) is 3.60. The molecule has 0 saturated carbocycles. The van der Waals surface area contributed by atoms with Crippen molar-refractivity contribution < 1.29 is 27.9 Å². The fourth-order valence-corrected chi connectivity index (χ4v) is 5.22. The van der Waals surface area contributed by atoms with Crippen molar-refractivity contribution in [3.8, 4) is 11.1 Å². The number of likely N-dealkylation sites (tertiary alicyclic amines) is 1. The molecule has 0 radical (unpaired) electrons. The maximum Gasteiger partial charge on any atom is 0.404 e. The number of anilines is 2. The van der Waals surface area contributed by atoms with Crippen LogP contribution in [-0.4, -0.2) is 73.7 Å². The molecule has 210 valence electrons. The van der Waals surface area contributed by atoms with E-state index >= 15 is 0 Å². The zero-order valence-electron chi connectivity index (χ0n) is 21.5. The van der Waals surface area contributed by atoms with E-state index in [-0.39, 0.29) is 30.4 Å². The fourth-order valence-electron chi connectivity index (χ4n) is 5.22. The quantitative estimate of drug-likeness (QED) is 0.445. The zero-order chi connectivity index (χ0) is 28.3. The molecule has 1 amide bonds. The molecule has 0 aliphatic carbocycles. The van der Waals surface area contributed by atoms with Crippen LogP contribution in [0, 0.1) is 5.92 Å². The summed E-state index contributed by atoms with van der Waals surface area (Å²) in [6.45, 7) is 1.40. The lowest BCUT2D eigenvalue weighted by atomic mass is 9.97. The van der Waals surface area contributed by atoms with Crippen LogP contribution in [0.5, 0.6) is 0 Å². The predicted molar refractivity (Wildman–Crippen MR) is 140 cm³/mol. The topological polar surface area (TPSA) is 124 Å². The maximum absolute atomic E-state index is 13.6. The Morgan fingerprint density at radius 1 is 1.02 bits per heavy atom. The van der Waals surface area contributed by atoms with E-state index in [4.69, 9.17) is 0 Å². The van der Waals surface area contributed by atoms with Crippen molar-refractivity contribution in [3.63, 3.8) is 0 Å². The van der Waals surface area contributed by atoms with Gasteiger partial charge in [-0.05, 0) is 49.9 Å². The van der Waals surface area contributed by atoms with Crippen LogP contribution in [0.2, 0.25) is 0 Å². The molecule has 2 aliphatic rings. The third kappa shape index (κ3) is 6.19. The number of aromatic nitrogens is 4. The number of nitrogens with zero attached hydrogens (tertiary/aromatic N) is 6. The average Bonchev–Trinajstić information content (AvgIpc) is 3.43. The maximum atomic E-state index is 13.6. The minimum absolute atomic E-state index is 0.0346. The average molecular weight is 556 g/mol. The molecule has 13 heteroatoms. The Labute approximate surface area is 228 Å². The number of nitrogens with one attached hydrogen (secondary N) is 1. The molecule has 40 heavy (non-hydrogen) atoms. The Hall–Kier alpha value is -4.13. The summed E-state index contributed by atoms with van der Waals surface area (Å²) in [6.07, 6.45) is 4.72. The molecule has 5 rings (SSSR count). The van der Waals surface area contributed by atoms with Crippen molar-refractivity contribution in [2.75, 3.05) is 29.9 Å². The van der Waals surface area contributed by atoms with E-state index in [0.717, 1.165) is 0 Å². The van der Waals surface area contributed by atoms with E-state index < -0.39 is 24.1 Å². The summed E-state index contributed by atoms with van der Waals surface area (Å²) in [5.41, 5.74) is 1.97. The van der Waals surface area contributed by atoms with Crippen LogP contribution in [0.15, 0.2) is 49.2 Å². The minimum atomic E-state index is -4.33. The summed E-state index contributed by atoms with van der Waals surface area (Å²) < 4.78 is 40.8. The molecule has 3 aromatic rings. The van der Waals surface area contributed by atoms with Gasteiger partial charge in [-0.15, -0.1) is 0 Å².